The van der Waals surface area contributed by atoms with E-state index in [9.17, 15) is 20.3 Å². The second-order valence-electron chi connectivity index (χ2n) is 4.75. The molecule has 0 aliphatic carbocycles. The van der Waals surface area contributed by atoms with Gasteiger partial charge in [0, 0.05) is 4.92 Å². The van der Waals surface area contributed by atoms with Gasteiger partial charge in [-0.05, 0) is 5.56 Å². The minimum atomic E-state index is -1.29. The van der Waals surface area contributed by atoms with Crippen LogP contribution in [0.3, 0.4) is 0 Å². The van der Waals surface area contributed by atoms with E-state index in [1.807, 2.05) is 30.3 Å². The molecule has 20 heavy (non-hydrogen) atoms. The van der Waals surface area contributed by atoms with E-state index < -0.39 is 35.9 Å². The van der Waals surface area contributed by atoms with Crippen LogP contribution in [0.15, 0.2) is 30.3 Å². The van der Waals surface area contributed by atoms with Crippen molar-refractivity contribution in [1.29, 1.82) is 0 Å². The highest BCUT2D eigenvalue weighted by Crippen LogP contribution is 2.22. The fraction of sp³-hybridized carbons (Fsp3) is 0.538. The summed E-state index contributed by atoms with van der Waals surface area (Å²) >= 11 is 0. The molecule has 1 aromatic carbocycles. The Morgan fingerprint density at radius 3 is 2.65 bits per heavy atom. The van der Waals surface area contributed by atoms with Crippen LogP contribution in [0.1, 0.15) is 5.56 Å². The monoisotopic (exact) mass is 283 g/mol. The Balaban J connectivity index is 1.87. The molecule has 1 aliphatic heterocycles. The molecule has 0 radical (unpaired) electrons. The molecule has 110 valence electrons. The van der Waals surface area contributed by atoms with E-state index >= 15 is 0 Å². The van der Waals surface area contributed by atoms with Crippen molar-refractivity contribution in [2.45, 2.75) is 25.1 Å². The Kier molecular flexibility index (Phi) is 5.02. The van der Waals surface area contributed by atoms with Crippen LogP contribution in [-0.4, -0.2) is 46.8 Å². The lowest BCUT2D eigenvalue weighted by atomic mass is 9.96. The molecule has 0 aromatic heterocycles. The highest BCUT2D eigenvalue weighted by Gasteiger charge is 2.41. The Labute approximate surface area is 115 Å². The summed E-state index contributed by atoms with van der Waals surface area (Å²) in [4.78, 5) is 9.91. The van der Waals surface area contributed by atoms with Crippen molar-refractivity contribution < 1.29 is 24.6 Å². The molecule has 4 atom stereocenters. The second-order valence-corrected chi connectivity index (χ2v) is 4.75. The molecular weight excluding hydrogens is 266 g/mol. The van der Waals surface area contributed by atoms with Crippen LogP contribution in [0.4, 0.5) is 0 Å². The summed E-state index contributed by atoms with van der Waals surface area (Å²) in [5.41, 5.74) is 0.908. The molecule has 7 heteroatoms. The van der Waals surface area contributed by atoms with Crippen molar-refractivity contribution >= 4 is 0 Å². The maximum absolute atomic E-state index is 10.4. The zero-order chi connectivity index (χ0) is 14.5. The zero-order valence-electron chi connectivity index (χ0n) is 10.8. The number of nitrogens with zero attached hydrogens (tertiary/aromatic N) is 1. The number of hydrogen-bond acceptors (Lipinski definition) is 6. The number of benzene rings is 1. The van der Waals surface area contributed by atoms with Gasteiger partial charge in [0.2, 0.25) is 6.54 Å². The number of nitro groups is 1. The number of hydrogen-bond donors (Lipinski definition) is 2. The van der Waals surface area contributed by atoms with Crippen LogP contribution >= 0.6 is 0 Å². The van der Waals surface area contributed by atoms with Crippen LogP contribution in [0.2, 0.25) is 0 Å². The van der Waals surface area contributed by atoms with Crippen LogP contribution in [0.5, 0.6) is 0 Å². The van der Waals surface area contributed by atoms with Gasteiger partial charge in [0.1, 0.15) is 6.10 Å². The second kappa shape index (κ2) is 6.76. The van der Waals surface area contributed by atoms with Crippen LogP contribution in [-0.2, 0) is 16.1 Å². The molecule has 1 heterocycles. The minimum Gasteiger partial charge on any atom is -0.390 e. The molecule has 0 amide bonds. The first-order valence-corrected chi connectivity index (χ1v) is 6.33. The molecule has 1 aromatic rings. The van der Waals surface area contributed by atoms with Gasteiger partial charge < -0.3 is 19.7 Å². The number of aliphatic hydroxyl groups is 2. The Hall–Kier alpha value is -1.54. The van der Waals surface area contributed by atoms with E-state index in [-0.39, 0.29) is 13.2 Å². The Morgan fingerprint density at radius 2 is 2.00 bits per heavy atom. The Morgan fingerprint density at radius 1 is 1.30 bits per heavy atom. The van der Waals surface area contributed by atoms with E-state index in [0.29, 0.717) is 0 Å². The summed E-state index contributed by atoms with van der Waals surface area (Å²) < 4.78 is 10.7. The predicted molar refractivity (Wildman–Crippen MR) is 68.3 cm³/mol. The number of ether oxygens (including phenoxy) is 2. The lowest BCUT2D eigenvalue weighted by Gasteiger charge is -2.35. The van der Waals surface area contributed by atoms with Gasteiger partial charge in [-0.1, -0.05) is 30.3 Å². The fourth-order valence-corrected chi connectivity index (χ4v) is 2.11. The van der Waals surface area contributed by atoms with Crippen LogP contribution in [0.25, 0.3) is 0 Å². The van der Waals surface area contributed by atoms with Gasteiger partial charge in [-0.15, -0.1) is 0 Å². The summed E-state index contributed by atoms with van der Waals surface area (Å²) in [6, 6.07) is 9.32. The largest absolute Gasteiger partial charge is 0.390 e. The van der Waals surface area contributed by atoms with Gasteiger partial charge in [-0.2, -0.15) is 0 Å². The lowest BCUT2D eigenvalue weighted by molar-refractivity contribution is -0.495. The number of rotatable bonds is 5. The topological polar surface area (TPSA) is 102 Å². The molecule has 2 rings (SSSR count). The summed E-state index contributed by atoms with van der Waals surface area (Å²) in [6.45, 7) is -0.225. The van der Waals surface area contributed by atoms with Gasteiger partial charge in [0.15, 0.2) is 6.29 Å². The van der Waals surface area contributed by atoms with Crippen molar-refractivity contribution in [2.75, 3.05) is 13.2 Å². The molecular formula is C13H17NO6. The summed E-state index contributed by atoms with van der Waals surface area (Å²) in [6.07, 6.45) is -3.50. The van der Waals surface area contributed by atoms with Gasteiger partial charge in [-0.3, -0.25) is 10.1 Å². The van der Waals surface area contributed by atoms with Crippen molar-refractivity contribution in [3.63, 3.8) is 0 Å². The molecule has 1 saturated heterocycles. The third-order valence-electron chi connectivity index (χ3n) is 3.23. The molecule has 0 bridgehead atoms. The van der Waals surface area contributed by atoms with Crippen molar-refractivity contribution in [1.82, 2.24) is 0 Å². The third kappa shape index (κ3) is 3.73. The molecule has 7 nitrogen and oxygen atoms in total. The normalized spacial score (nSPS) is 30.1. The molecule has 1 fully saturated rings. The number of aliphatic hydroxyl groups excluding tert-OH is 2. The smallest absolute Gasteiger partial charge is 0.211 e. The first-order valence-electron chi connectivity index (χ1n) is 6.33. The summed E-state index contributed by atoms with van der Waals surface area (Å²) in [5.74, 6) is -0.725. The molecule has 2 N–H and O–H groups in total. The first-order chi connectivity index (χ1) is 9.58. The molecule has 0 saturated carbocycles. The van der Waals surface area contributed by atoms with E-state index in [1.165, 1.54) is 0 Å². The zero-order valence-corrected chi connectivity index (χ0v) is 10.8. The van der Waals surface area contributed by atoms with E-state index in [0.717, 1.165) is 5.56 Å². The predicted octanol–water partition coefficient (Wildman–Crippen LogP) is 0.174. The first kappa shape index (κ1) is 14.9. The molecule has 1 aliphatic rings. The standard InChI is InChI=1S/C13H17NO6/c15-11-10(6-14(17)18)8-20-13(12(11)16)19-7-9-4-2-1-3-5-9/h1-5,10-13,15-16H,6-8H2/t10-,11?,12?,13-/m1/s1. The average Bonchev–Trinajstić information content (AvgIpc) is 2.44. The SMILES string of the molecule is O=[N+]([O-])C[C@@H]1CO[C@@H](OCc2ccccc2)C(O)C1O. The van der Waals surface area contributed by atoms with Crippen molar-refractivity contribution in [3.8, 4) is 0 Å². The van der Waals surface area contributed by atoms with Crippen molar-refractivity contribution in [3.05, 3.63) is 46.0 Å². The maximum atomic E-state index is 10.4. The van der Waals surface area contributed by atoms with Gasteiger partial charge in [0.05, 0.1) is 25.2 Å². The highest BCUT2D eigenvalue weighted by molar-refractivity contribution is 5.13. The van der Waals surface area contributed by atoms with Gasteiger partial charge in [-0.25, -0.2) is 0 Å². The van der Waals surface area contributed by atoms with E-state index in [2.05, 4.69) is 0 Å². The Bertz CT molecular complexity index is 440. The van der Waals surface area contributed by atoms with Crippen molar-refractivity contribution in [2.24, 2.45) is 5.92 Å². The van der Waals surface area contributed by atoms with Gasteiger partial charge >= 0.3 is 0 Å². The summed E-state index contributed by atoms with van der Waals surface area (Å²) in [5, 5.41) is 30.2. The minimum absolute atomic E-state index is 0.0152. The maximum Gasteiger partial charge on any atom is 0.211 e. The fourth-order valence-electron chi connectivity index (χ4n) is 2.11. The lowest BCUT2D eigenvalue weighted by Crippen LogP contribution is -2.52. The van der Waals surface area contributed by atoms with E-state index in [1.54, 1.807) is 0 Å². The summed E-state index contributed by atoms with van der Waals surface area (Å²) in [7, 11) is 0. The molecule has 2 unspecified atom stereocenters. The van der Waals surface area contributed by atoms with Crippen LogP contribution in [0, 0.1) is 16.0 Å². The molecule has 0 spiro atoms. The van der Waals surface area contributed by atoms with Gasteiger partial charge in [0.25, 0.3) is 0 Å². The highest BCUT2D eigenvalue weighted by atomic mass is 16.7. The van der Waals surface area contributed by atoms with Crippen LogP contribution < -0.4 is 0 Å². The quantitative estimate of drug-likeness (QED) is 0.590. The third-order valence-corrected chi connectivity index (χ3v) is 3.23. The van der Waals surface area contributed by atoms with E-state index in [4.69, 9.17) is 9.47 Å². The average molecular weight is 283 g/mol.